The number of hydrogen-bond acceptors (Lipinski definition) is 3. The highest BCUT2D eigenvalue weighted by molar-refractivity contribution is 6.37. The van der Waals surface area contributed by atoms with Gasteiger partial charge in [-0.3, -0.25) is 0 Å². The third kappa shape index (κ3) is 4.43. The van der Waals surface area contributed by atoms with Crippen LogP contribution >= 0.6 is 23.2 Å². The van der Waals surface area contributed by atoms with Gasteiger partial charge in [0.05, 0.1) is 10.0 Å². The van der Waals surface area contributed by atoms with E-state index in [2.05, 4.69) is 36.0 Å². The molecule has 0 aromatic carbocycles. The SMILES string of the molecule is CCCNc1nc(N(C)C(C)CCC)c(Cl)cc1Cl. The molecule has 0 amide bonds. The van der Waals surface area contributed by atoms with Crippen LogP contribution in [0.5, 0.6) is 0 Å². The number of anilines is 2. The second-order valence-corrected chi connectivity index (χ2v) is 5.61. The number of pyridine rings is 1. The standard InChI is InChI=1S/C14H23Cl2N3/c1-5-7-10(3)19(4)14-12(16)9-11(15)13(18-14)17-8-6-2/h9-10H,5-8H2,1-4H3,(H,17,18). The second-order valence-electron chi connectivity index (χ2n) is 4.80. The van der Waals surface area contributed by atoms with Gasteiger partial charge in [0.15, 0.2) is 0 Å². The van der Waals surface area contributed by atoms with Crippen LogP contribution in [0.25, 0.3) is 0 Å². The van der Waals surface area contributed by atoms with Crippen molar-refractivity contribution in [1.29, 1.82) is 0 Å². The highest BCUT2D eigenvalue weighted by Crippen LogP contribution is 2.32. The van der Waals surface area contributed by atoms with E-state index in [0.29, 0.717) is 21.9 Å². The maximum Gasteiger partial charge on any atom is 0.149 e. The van der Waals surface area contributed by atoms with Gasteiger partial charge in [0.1, 0.15) is 11.6 Å². The third-order valence-corrected chi connectivity index (χ3v) is 3.72. The largest absolute Gasteiger partial charge is 0.369 e. The Labute approximate surface area is 126 Å². The van der Waals surface area contributed by atoms with Crippen molar-refractivity contribution < 1.29 is 0 Å². The van der Waals surface area contributed by atoms with Gasteiger partial charge >= 0.3 is 0 Å². The van der Waals surface area contributed by atoms with Gasteiger partial charge in [-0.05, 0) is 25.8 Å². The van der Waals surface area contributed by atoms with E-state index < -0.39 is 0 Å². The molecule has 0 spiro atoms. The van der Waals surface area contributed by atoms with Crippen LogP contribution in [0.3, 0.4) is 0 Å². The molecule has 0 saturated heterocycles. The fraction of sp³-hybridized carbons (Fsp3) is 0.643. The van der Waals surface area contributed by atoms with E-state index in [9.17, 15) is 0 Å². The molecule has 1 aromatic heterocycles. The quantitative estimate of drug-likeness (QED) is 0.781. The normalized spacial score (nSPS) is 12.3. The van der Waals surface area contributed by atoms with Crippen molar-refractivity contribution in [1.82, 2.24) is 4.98 Å². The lowest BCUT2D eigenvalue weighted by molar-refractivity contribution is 0.611. The molecule has 1 rings (SSSR count). The molecule has 108 valence electrons. The number of hydrogen-bond donors (Lipinski definition) is 1. The van der Waals surface area contributed by atoms with Crippen LogP contribution in [0.2, 0.25) is 10.0 Å². The van der Waals surface area contributed by atoms with Gasteiger partial charge in [0, 0.05) is 19.6 Å². The van der Waals surface area contributed by atoms with Crippen molar-refractivity contribution in [3.63, 3.8) is 0 Å². The molecule has 0 bridgehead atoms. The highest BCUT2D eigenvalue weighted by Gasteiger charge is 2.16. The Balaban J connectivity index is 2.99. The number of aromatic nitrogens is 1. The molecule has 0 aliphatic rings. The molecule has 1 heterocycles. The van der Waals surface area contributed by atoms with Gasteiger partial charge in [-0.2, -0.15) is 0 Å². The summed E-state index contributed by atoms with van der Waals surface area (Å²) in [5.74, 6) is 1.49. The first kappa shape index (κ1) is 16.4. The fourth-order valence-corrected chi connectivity index (χ4v) is 2.45. The molecule has 3 nitrogen and oxygen atoms in total. The molecule has 0 radical (unpaired) electrons. The van der Waals surface area contributed by atoms with E-state index in [1.165, 1.54) is 0 Å². The Kier molecular flexibility index (Phi) is 6.73. The Bertz CT molecular complexity index is 410. The lowest BCUT2D eigenvalue weighted by Gasteiger charge is -2.27. The summed E-state index contributed by atoms with van der Waals surface area (Å²) in [6.45, 7) is 7.31. The Morgan fingerprint density at radius 1 is 1.26 bits per heavy atom. The molecule has 0 aliphatic heterocycles. The molecule has 0 aliphatic carbocycles. The summed E-state index contributed by atoms with van der Waals surface area (Å²) >= 11 is 12.4. The lowest BCUT2D eigenvalue weighted by Crippen LogP contribution is -2.29. The maximum absolute atomic E-state index is 6.26. The van der Waals surface area contributed by atoms with Crippen LogP contribution < -0.4 is 10.2 Å². The molecule has 1 atom stereocenters. The summed E-state index contributed by atoms with van der Waals surface area (Å²) < 4.78 is 0. The van der Waals surface area contributed by atoms with Crippen LogP contribution in [0.1, 0.15) is 40.0 Å². The molecule has 19 heavy (non-hydrogen) atoms. The summed E-state index contributed by atoms with van der Waals surface area (Å²) in [5, 5.41) is 4.39. The van der Waals surface area contributed by atoms with Crippen LogP contribution in [0.15, 0.2) is 6.07 Å². The van der Waals surface area contributed by atoms with E-state index >= 15 is 0 Å². The zero-order valence-electron chi connectivity index (χ0n) is 12.1. The van der Waals surface area contributed by atoms with Crippen molar-refractivity contribution in [3.8, 4) is 0 Å². The van der Waals surface area contributed by atoms with Crippen molar-refractivity contribution >= 4 is 34.8 Å². The first-order valence-electron chi connectivity index (χ1n) is 6.83. The molecular formula is C14H23Cl2N3. The van der Waals surface area contributed by atoms with Crippen LogP contribution in [-0.2, 0) is 0 Å². The summed E-state index contributed by atoms with van der Waals surface area (Å²) in [4.78, 5) is 6.67. The predicted octanol–water partition coefficient (Wildman–Crippen LogP) is 4.84. The van der Waals surface area contributed by atoms with Gasteiger partial charge in [0.25, 0.3) is 0 Å². The molecule has 1 unspecified atom stereocenters. The van der Waals surface area contributed by atoms with Crippen molar-refractivity contribution in [2.45, 2.75) is 46.1 Å². The Hall–Kier alpha value is -0.670. The lowest BCUT2D eigenvalue weighted by atomic mass is 10.2. The van der Waals surface area contributed by atoms with E-state index in [1.54, 1.807) is 6.07 Å². The summed E-state index contributed by atoms with van der Waals surface area (Å²) in [6, 6.07) is 2.16. The molecule has 0 saturated carbocycles. The minimum atomic E-state index is 0.398. The van der Waals surface area contributed by atoms with Crippen LogP contribution in [0.4, 0.5) is 11.6 Å². The van der Waals surface area contributed by atoms with Crippen LogP contribution in [-0.4, -0.2) is 24.6 Å². The second kappa shape index (κ2) is 7.81. The minimum absolute atomic E-state index is 0.398. The summed E-state index contributed by atoms with van der Waals surface area (Å²) in [6.07, 6.45) is 3.27. The summed E-state index contributed by atoms with van der Waals surface area (Å²) in [5.41, 5.74) is 0. The zero-order valence-corrected chi connectivity index (χ0v) is 13.6. The smallest absolute Gasteiger partial charge is 0.149 e. The Morgan fingerprint density at radius 3 is 2.53 bits per heavy atom. The molecule has 0 fully saturated rings. The monoisotopic (exact) mass is 303 g/mol. The molecular weight excluding hydrogens is 281 g/mol. The van der Waals surface area contributed by atoms with Gasteiger partial charge < -0.3 is 10.2 Å². The van der Waals surface area contributed by atoms with Gasteiger partial charge in [-0.1, -0.05) is 43.5 Å². The topological polar surface area (TPSA) is 28.2 Å². The van der Waals surface area contributed by atoms with E-state index in [-0.39, 0.29) is 0 Å². The number of nitrogens with one attached hydrogen (secondary N) is 1. The average Bonchev–Trinajstić information content (AvgIpc) is 2.37. The molecule has 5 heteroatoms. The Morgan fingerprint density at radius 2 is 1.95 bits per heavy atom. The van der Waals surface area contributed by atoms with E-state index in [1.807, 2.05) is 7.05 Å². The first-order chi connectivity index (χ1) is 9.01. The zero-order chi connectivity index (χ0) is 14.4. The number of halogens is 2. The van der Waals surface area contributed by atoms with E-state index in [4.69, 9.17) is 23.2 Å². The number of rotatable bonds is 7. The predicted molar refractivity (Wildman–Crippen MR) is 85.8 cm³/mol. The fourth-order valence-electron chi connectivity index (χ4n) is 1.89. The highest BCUT2D eigenvalue weighted by atomic mass is 35.5. The van der Waals surface area contributed by atoms with Crippen molar-refractivity contribution in [2.24, 2.45) is 0 Å². The van der Waals surface area contributed by atoms with E-state index in [0.717, 1.165) is 31.6 Å². The maximum atomic E-state index is 6.26. The average molecular weight is 304 g/mol. The minimum Gasteiger partial charge on any atom is -0.369 e. The molecule has 1 aromatic rings. The van der Waals surface area contributed by atoms with Gasteiger partial charge in [-0.25, -0.2) is 4.98 Å². The molecule has 1 N–H and O–H groups in total. The number of nitrogens with zero attached hydrogens (tertiary/aromatic N) is 2. The van der Waals surface area contributed by atoms with Crippen molar-refractivity contribution in [2.75, 3.05) is 23.8 Å². The third-order valence-electron chi connectivity index (χ3n) is 3.16. The summed E-state index contributed by atoms with van der Waals surface area (Å²) in [7, 11) is 2.02. The van der Waals surface area contributed by atoms with Crippen LogP contribution in [0, 0.1) is 0 Å². The van der Waals surface area contributed by atoms with Gasteiger partial charge in [0.2, 0.25) is 0 Å². The van der Waals surface area contributed by atoms with Crippen molar-refractivity contribution in [3.05, 3.63) is 16.1 Å². The van der Waals surface area contributed by atoms with Gasteiger partial charge in [-0.15, -0.1) is 0 Å². The first-order valence-corrected chi connectivity index (χ1v) is 7.59.